The molecule has 1 aliphatic rings. The van der Waals surface area contributed by atoms with Crippen LogP contribution in [0.2, 0.25) is 0 Å². The lowest BCUT2D eigenvalue weighted by Crippen LogP contribution is -2.50. The first kappa shape index (κ1) is 13.7. The van der Waals surface area contributed by atoms with Gasteiger partial charge in [-0.05, 0) is 31.5 Å². The second kappa shape index (κ2) is 5.48. The zero-order valence-electron chi connectivity index (χ0n) is 11.4. The summed E-state index contributed by atoms with van der Waals surface area (Å²) in [5, 5.41) is 2.96. The molecule has 5 nitrogen and oxygen atoms in total. The fourth-order valence-corrected chi connectivity index (χ4v) is 1.81. The quantitative estimate of drug-likeness (QED) is 0.860. The normalized spacial score (nSPS) is 16.6. The molecule has 1 aromatic carbocycles. The highest BCUT2D eigenvalue weighted by atomic mass is 16.6. The van der Waals surface area contributed by atoms with Crippen molar-refractivity contribution in [2.24, 2.45) is 5.73 Å². The Morgan fingerprint density at radius 1 is 1.37 bits per heavy atom. The number of benzene rings is 1. The molecule has 0 spiro atoms. The third kappa shape index (κ3) is 2.98. The van der Waals surface area contributed by atoms with Crippen LogP contribution in [-0.4, -0.2) is 31.2 Å². The Hall–Kier alpha value is -1.75. The van der Waals surface area contributed by atoms with Crippen LogP contribution in [0.25, 0.3) is 0 Å². The summed E-state index contributed by atoms with van der Waals surface area (Å²) >= 11 is 0. The molecule has 1 aromatic rings. The van der Waals surface area contributed by atoms with Gasteiger partial charge in [-0.25, -0.2) is 0 Å². The molecule has 0 aliphatic carbocycles. The average Bonchev–Trinajstić information content (AvgIpc) is 2.46. The first-order chi connectivity index (χ1) is 9.08. The number of nitrogens with two attached hydrogens (primary N) is 1. The Bertz CT molecular complexity index is 470. The molecule has 0 fully saturated rings. The summed E-state index contributed by atoms with van der Waals surface area (Å²) in [6.45, 7) is 5.38. The molecule has 0 bridgehead atoms. The van der Waals surface area contributed by atoms with Crippen LogP contribution in [0.5, 0.6) is 11.5 Å². The van der Waals surface area contributed by atoms with Crippen LogP contribution in [0.3, 0.4) is 0 Å². The van der Waals surface area contributed by atoms with Crippen LogP contribution in [0, 0.1) is 0 Å². The maximum absolute atomic E-state index is 12.2. The van der Waals surface area contributed by atoms with Gasteiger partial charge in [-0.1, -0.05) is 6.92 Å². The van der Waals surface area contributed by atoms with Gasteiger partial charge in [0.1, 0.15) is 13.2 Å². The zero-order valence-corrected chi connectivity index (χ0v) is 11.4. The highest BCUT2D eigenvalue weighted by molar-refractivity contribution is 5.95. The van der Waals surface area contributed by atoms with Crippen LogP contribution in [-0.2, 0) is 0 Å². The minimum atomic E-state index is -0.385. The summed E-state index contributed by atoms with van der Waals surface area (Å²) in [5.41, 5.74) is 5.86. The molecule has 0 radical (unpaired) electrons. The van der Waals surface area contributed by atoms with Gasteiger partial charge in [0.2, 0.25) is 0 Å². The zero-order chi connectivity index (χ0) is 13.9. The van der Waals surface area contributed by atoms with Crippen LogP contribution in [0.15, 0.2) is 18.2 Å². The Morgan fingerprint density at radius 2 is 2.05 bits per heavy atom. The SMILES string of the molecule is CCC(C)(CN)NC(=O)c1ccc2c(c1)OCCO2. The fourth-order valence-electron chi connectivity index (χ4n) is 1.81. The summed E-state index contributed by atoms with van der Waals surface area (Å²) < 4.78 is 10.9. The topological polar surface area (TPSA) is 73.6 Å². The summed E-state index contributed by atoms with van der Waals surface area (Å²) in [6, 6.07) is 5.20. The van der Waals surface area contributed by atoms with Gasteiger partial charge in [0, 0.05) is 17.6 Å². The molecule has 19 heavy (non-hydrogen) atoms. The van der Waals surface area contributed by atoms with Crippen molar-refractivity contribution in [1.82, 2.24) is 5.32 Å². The van der Waals surface area contributed by atoms with Gasteiger partial charge in [0.15, 0.2) is 11.5 Å². The van der Waals surface area contributed by atoms with E-state index in [9.17, 15) is 4.79 Å². The first-order valence-electron chi connectivity index (χ1n) is 6.50. The van der Waals surface area contributed by atoms with Crippen molar-refractivity contribution in [2.45, 2.75) is 25.8 Å². The van der Waals surface area contributed by atoms with Gasteiger partial charge >= 0.3 is 0 Å². The van der Waals surface area contributed by atoms with Gasteiger partial charge in [0.05, 0.1) is 0 Å². The average molecular weight is 264 g/mol. The number of hydrogen-bond donors (Lipinski definition) is 2. The molecule has 0 saturated heterocycles. The lowest BCUT2D eigenvalue weighted by Gasteiger charge is -2.28. The van der Waals surface area contributed by atoms with Crippen LogP contribution in [0.4, 0.5) is 0 Å². The fraction of sp³-hybridized carbons (Fsp3) is 0.500. The van der Waals surface area contributed by atoms with Gasteiger partial charge in [-0.2, -0.15) is 0 Å². The largest absolute Gasteiger partial charge is 0.486 e. The summed E-state index contributed by atoms with van der Waals surface area (Å²) in [7, 11) is 0. The predicted octanol–water partition coefficient (Wildman–Crippen LogP) is 1.31. The van der Waals surface area contributed by atoms with Crippen molar-refractivity contribution in [1.29, 1.82) is 0 Å². The van der Waals surface area contributed by atoms with Crippen molar-refractivity contribution < 1.29 is 14.3 Å². The lowest BCUT2D eigenvalue weighted by molar-refractivity contribution is 0.0905. The van der Waals surface area contributed by atoms with E-state index in [2.05, 4.69) is 5.32 Å². The molecule has 1 aliphatic heterocycles. The van der Waals surface area contributed by atoms with E-state index in [-0.39, 0.29) is 11.4 Å². The number of rotatable bonds is 4. The van der Waals surface area contributed by atoms with E-state index in [1.54, 1.807) is 18.2 Å². The van der Waals surface area contributed by atoms with Crippen molar-refractivity contribution in [3.05, 3.63) is 23.8 Å². The maximum Gasteiger partial charge on any atom is 0.251 e. The van der Waals surface area contributed by atoms with Crippen molar-refractivity contribution in [3.63, 3.8) is 0 Å². The van der Waals surface area contributed by atoms with E-state index < -0.39 is 0 Å². The van der Waals surface area contributed by atoms with Gasteiger partial charge < -0.3 is 20.5 Å². The van der Waals surface area contributed by atoms with Crippen molar-refractivity contribution in [2.75, 3.05) is 19.8 Å². The lowest BCUT2D eigenvalue weighted by atomic mass is 9.98. The minimum Gasteiger partial charge on any atom is -0.486 e. The first-order valence-corrected chi connectivity index (χ1v) is 6.50. The molecule has 3 N–H and O–H groups in total. The third-order valence-corrected chi connectivity index (χ3v) is 3.45. The summed E-state index contributed by atoms with van der Waals surface area (Å²) in [4.78, 5) is 12.2. The third-order valence-electron chi connectivity index (χ3n) is 3.45. The smallest absolute Gasteiger partial charge is 0.251 e. The number of hydrogen-bond acceptors (Lipinski definition) is 4. The molecular weight excluding hydrogens is 244 g/mol. The molecule has 1 unspecified atom stereocenters. The predicted molar refractivity (Wildman–Crippen MR) is 72.6 cm³/mol. The second-order valence-corrected chi connectivity index (χ2v) is 4.93. The van der Waals surface area contributed by atoms with E-state index >= 15 is 0 Å². The van der Waals surface area contributed by atoms with Crippen LogP contribution < -0.4 is 20.5 Å². The molecule has 0 aromatic heterocycles. The number of amides is 1. The number of ether oxygens (including phenoxy) is 2. The van der Waals surface area contributed by atoms with E-state index in [4.69, 9.17) is 15.2 Å². The number of carbonyl (C=O) groups is 1. The molecule has 0 saturated carbocycles. The molecule has 5 heteroatoms. The molecular formula is C14H20N2O3. The number of carbonyl (C=O) groups excluding carboxylic acids is 1. The minimum absolute atomic E-state index is 0.147. The Kier molecular flexibility index (Phi) is 3.95. The Morgan fingerprint density at radius 3 is 2.68 bits per heavy atom. The van der Waals surface area contributed by atoms with Crippen LogP contribution >= 0.6 is 0 Å². The maximum atomic E-state index is 12.2. The summed E-state index contributed by atoms with van der Waals surface area (Å²) in [6.07, 6.45) is 0.778. The van der Waals surface area contributed by atoms with Crippen molar-refractivity contribution >= 4 is 5.91 Å². The Balaban J connectivity index is 2.15. The van der Waals surface area contributed by atoms with E-state index in [1.165, 1.54) is 0 Å². The van der Waals surface area contributed by atoms with Gasteiger partial charge in [-0.15, -0.1) is 0 Å². The van der Waals surface area contributed by atoms with Crippen molar-refractivity contribution in [3.8, 4) is 11.5 Å². The number of fused-ring (bicyclic) bond motifs is 1. The molecule has 2 rings (SSSR count). The van der Waals surface area contributed by atoms with E-state index in [0.29, 0.717) is 36.8 Å². The summed E-state index contributed by atoms with van der Waals surface area (Å²) in [5.74, 6) is 1.15. The molecule has 1 amide bonds. The van der Waals surface area contributed by atoms with Gasteiger partial charge in [0.25, 0.3) is 5.91 Å². The molecule has 1 heterocycles. The van der Waals surface area contributed by atoms with E-state index in [1.807, 2.05) is 13.8 Å². The molecule has 1 atom stereocenters. The van der Waals surface area contributed by atoms with E-state index in [0.717, 1.165) is 6.42 Å². The van der Waals surface area contributed by atoms with Gasteiger partial charge in [-0.3, -0.25) is 4.79 Å². The van der Waals surface area contributed by atoms with Crippen LogP contribution in [0.1, 0.15) is 30.6 Å². The highest BCUT2D eigenvalue weighted by Gasteiger charge is 2.24. The monoisotopic (exact) mass is 264 g/mol. The molecule has 104 valence electrons. The number of nitrogens with one attached hydrogen (secondary N) is 1. The standard InChI is InChI=1S/C14H20N2O3/c1-3-14(2,9-15)16-13(17)10-4-5-11-12(8-10)19-7-6-18-11/h4-5,8H,3,6-7,9,15H2,1-2H3,(H,16,17). The highest BCUT2D eigenvalue weighted by Crippen LogP contribution is 2.30. The Labute approximate surface area is 113 Å². The second-order valence-electron chi connectivity index (χ2n) is 4.93.